The number of para-hydroxylation sites is 1. The fourth-order valence-corrected chi connectivity index (χ4v) is 1.65. The van der Waals surface area contributed by atoms with Crippen molar-refractivity contribution in [3.8, 4) is 0 Å². The molecule has 0 heterocycles. The van der Waals surface area contributed by atoms with Crippen LogP contribution in [-0.4, -0.2) is 36.2 Å². The van der Waals surface area contributed by atoms with Gasteiger partial charge in [0.2, 0.25) is 5.91 Å². The molecule has 1 rings (SSSR count). The summed E-state index contributed by atoms with van der Waals surface area (Å²) in [4.78, 5) is 22.0. The molecule has 114 valence electrons. The van der Waals surface area contributed by atoms with Crippen LogP contribution < -0.4 is 16.2 Å². The molecular weight excluding hydrogens is 296 g/mol. The van der Waals surface area contributed by atoms with Gasteiger partial charge in [-0.3, -0.25) is 25.8 Å². The lowest BCUT2D eigenvalue weighted by Gasteiger charge is -2.11. The Labute approximate surface area is 127 Å². The predicted octanol–water partition coefficient (Wildman–Crippen LogP) is 0.279. The first-order valence-electron chi connectivity index (χ1n) is 6.08. The Kier molecular flexibility index (Phi) is 7.05. The normalized spacial score (nSPS) is 9.76. The number of hydrogen-bond acceptors (Lipinski definition) is 5. The number of methoxy groups -OCH3 is 1. The number of nitrogens with zero attached hydrogens (tertiary/aromatic N) is 1. The van der Waals surface area contributed by atoms with E-state index in [1.54, 1.807) is 19.2 Å². The van der Waals surface area contributed by atoms with Gasteiger partial charge >= 0.3 is 0 Å². The Morgan fingerprint density at radius 1 is 1.38 bits per heavy atom. The minimum absolute atomic E-state index is 0.0894. The number of carbonyl (C=O) groups excluding carboxylic acids is 1. The van der Waals surface area contributed by atoms with E-state index in [1.165, 1.54) is 12.1 Å². The van der Waals surface area contributed by atoms with Crippen molar-refractivity contribution in [1.29, 1.82) is 0 Å². The maximum absolute atomic E-state index is 11.7. The molecule has 1 amide bonds. The summed E-state index contributed by atoms with van der Waals surface area (Å²) in [6.07, 6.45) is -0.120. The van der Waals surface area contributed by atoms with Crippen molar-refractivity contribution in [2.75, 3.05) is 20.3 Å². The van der Waals surface area contributed by atoms with Crippen molar-refractivity contribution in [3.05, 3.63) is 39.9 Å². The van der Waals surface area contributed by atoms with Crippen molar-refractivity contribution in [3.63, 3.8) is 0 Å². The molecule has 1 aromatic rings. The minimum Gasteiger partial charge on any atom is -0.383 e. The molecule has 1 aromatic carbocycles. The summed E-state index contributed by atoms with van der Waals surface area (Å²) >= 11 is 4.92. The average Bonchev–Trinajstić information content (AvgIpc) is 2.46. The molecule has 0 atom stereocenters. The lowest BCUT2D eigenvalue weighted by atomic mass is 10.1. The zero-order valence-corrected chi connectivity index (χ0v) is 12.2. The number of rotatable bonds is 6. The molecule has 0 aliphatic carbocycles. The number of carbonyl (C=O) groups is 1. The second-order valence-electron chi connectivity index (χ2n) is 3.98. The van der Waals surface area contributed by atoms with Crippen LogP contribution in [0.4, 0.5) is 5.69 Å². The van der Waals surface area contributed by atoms with Crippen LogP contribution in [0.15, 0.2) is 24.3 Å². The van der Waals surface area contributed by atoms with Gasteiger partial charge in [0.1, 0.15) is 0 Å². The lowest BCUT2D eigenvalue weighted by Crippen LogP contribution is -2.47. The van der Waals surface area contributed by atoms with Crippen LogP contribution in [0.5, 0.6) is 0 Å². The predicted molar refractivity (Wildman–Crippen MR) is 80.6 cm³/mol. The van der Waals surface area contributed by atoms with E-state index in [0.717, 1.165) is 0 Å². The Bertz CT molecular complexity index is 524. The van der Waals surface area contributed by atoms with Gasteiger partial charge < -0.3 is 10.1 Å². The number of nitro benzene ring substituents is 1. The molecule has 0 spiro atoms. The molecule has 0 unspecified atom stereocenters. The number of ether oxygens (including phenoxy) is 1. The second-order valence-corrected chi connectivity index (χ2v) is 4.39. The van der Waals surface area contributed by atoms with Crippen molar-refractivity contribution in [1.82, 2.24) is 16.2 Å². The van der Waals surface area contributed by atoms with Gasteiger partial charge in [0.15, 0.2) is 5.11 Å². The maximum atomic E-state index is 11.7. The third-order valence-corrected chi connectivity index (χ3v) is 2.69. The van der Waals surface area contributed by atoms with Gasteiger partial charge in [-0.05, 0) is 12.2 Å². The number of amides is 1. The summed E-state index contributed by atoms with van der Waals surface area (Å²) in [5.74, 6) is -0.430. The van der Waals surface area contributed by atoms with E-state index in [2.05, 4.69) is 16.2 Å². The monoisotopic (exact) mass is 312 g/mol. The standard InChI is InChI=1S/C12H16N4O4S/c1-20-7-6-13-12(21)15-14-11(17)8-9-4-2-3-5-10(9)16(18)19/h2-5H,6-8H2,1H3,(H,14,17)(H2,13,15,21). The summed E-state index contributed by atoms with van der Waals surface area (Å²) < 4.78 is 4.83. The molecule has 0 saturated heterocycles. The molecule has 0 fully saturated rings. The first kappa shape index (κ1) is 16.8. The van der Waals surface area contributed by atoms with Crippen LogP contribution >= 0.6 is 12.2 Å². The third kappa shape index (κ3) is 6.15. The zero-order chi connectivity index (χ0) is 15.7. The molecule has 0 bridgehead atoms. The molecule has 0 aromatic heterocycles. The smallest absolute Gasteiger partial charge is 0.273 e. The highest BCUT2D eigenvalue weighted by atomic mass is 32.1. The fraction of sp³-hybridized carbons (Fsp3) is 0.333. The summed E-state index contributed by atoms with van der Waals surface area (Å²) in [6.45, 7) is 0.980. The summed E-state index contributed by atoms with van der Waals surface area (Å²) in [6, 6.07) is 6.08. The Morgan fingerprint density at radius 2 is 2.10 bits per heavy atom. The second kappa shape index (κ2) is 8.82. The van der Waals surface area contributed by atoms with Gasteiger partial charge in [0.05, 0.1) is 18.0 Å². The van der Waals surface area contributed by atoms with Crippen molar-refractivity contribution in [2.24, 2.45) is 0 Å². The van der Waals surface area contributed by atoms with E-state index >= 15 is 0 Å². The number of nitrogens with one attached hydrogen (secondary N) is 3. The maximum Gasteiger partial charge on any atom is 0.273 e. The van der Waals surface area contributed by atoms with Gasteiger partial charge in [-0.1, -0.05) is 18.2 Å². The molecule has 0 radical (unpaired) electrons. The summed E-state index contributed by atoms with van der Waals surface area (Å²) in [7, 11) is 1.56. The van der Waals surface area contributed by atoms with Crippen LogP contribution in [0.1, 0.15) is 5.56 Å². The van der Waals surface area contributed by atoms with E-state index in [0.29, 0.717) is 18.7 Å². The molecule has 3 N–H and O–H groups in total. The number of hydrazine groups is 1. The van der Waals surface area contributed by atoms with Gasteiger partial charge in [-0.25, -0.2) is 0 Å². The van der Waals surface area contributed by atoms with E-state index in [-0.39, 0.29) is 17.2 Å². The third-order valence-electron chi connectivity index (χ3n) is 2.45. The highest BCUT2D eigenvalue weighted by Gasteiger charge is 2.15. The summed E-state index contributed by atoms with van der Waals surface area (Å²) in [5, 5.41) is 13.9. The molecule has 0 aliphatic rings. The SMILES string of the molecule is COCCNC(=S)NNC(=O)Cc1ccccc1[N+](=O)[O-]. The average molecular weight is 312 g/mol. The molecular formula is C12H16N4O4S. The molecule has 0 aliphatic heterocycles. The molecule has 9 heteroatoms. The highest BCUT2D eigenvalue weighted by molar-refractivity contribution is 7.80. The van der Waals surface area contributed by atoms with Crippen molar-refractivity contribution < 1.29 is 14.5 Å². The van der Waals surface area contributed by atoms with Crippen LogP contribution in [0.25, 0.3) is 0 Å². The lowest BCUT2D eigenvalue weighted by molar-refractivity contribution is -0.385. The number of benzene rings is 1. The topological polar surface area (TPSA) is 106 Å². The van der Waals surface area contributed by atoms with Crippen molar-refractivity contribution >= 4 is 28.9 Å². The Balaban J connectivity index is 2.44. The highest BCUT2D eigenvalue weighted by Crippen LogP contribution is 2.17. The van der Waals surface area contributed by atoms with E-state index in [1.807, 2.05) is 0 Å². The van der Waals surface area contributed by atoms with Crippen LogP contribution in [-0.2, 0) is 16.0 Å². The molecule has 8 nitrogen and oxygen atoms in total. The number of hydrogen-bond donors (Lipinski definition) is 3. The number of thiocarbonyl (C=S) groups is 1. The Hall–Kier alpha value is -2.26. The van der Waals surface area contributed by atoms with Gasteiger partial charge in [0.25, 0.3) is 5.69 Å². The molecule has 21 heavy (non-hydrogen) atoms. The van der Waals surface area contributed by atoms with Crippen molar-refractivity contribution in [2.45, 2.75) is 6.42 Å². The first-order chi connectivity index (χ1) is 10.0. The largest absolute Gasteiger partial charge is 0.383 e. The van der Waals surface area contributed by atoms with E-state index in [4.69, 9.17) is 17.0 Å². The van der Waals surface area contributed by atoms with Crippen LogP contribution in [0.2, 0.25) is 0 Å². The van der Waals surface area contributed by atoms with Crippen LogP contribution in [0, 0.1) is 10.1 Å². The Morgan fingerprint density at radius 3 is 2.76 bits per heavy atom. The fourth-order valence-electron chi connectivity index (χ4n) is 1.49. The van der Waals surface area contributed by atoms with Gasteiger partial charge in [0, 0.05) is 25.3 Å². The van der Waals surface area contributed by atoms with Gasteiger partial charge in [-0.2, -0.15) is 0 Å². The van der Waals surface area contributed by atoms with Crippen LogP contribution in [0.3, 0.4) is 0 Å². The minimum atomic E-state index is -0.521. The van der Waals surface area contributed by atoms with E-state index in [9.17, 15) is 14.9 Å². The molecule has 0 saturated carbocycles. The number of nitro groups is 1. The van der Waals surface area contributed by atoms with Gasteiger partial charge in [-0.15, -0.1) is 0 Å². The first-order valence-corrected chi connectivity index (χ1v) is 6.49. The zero-order valence-electron chi connectivity index (χ0n) is 11.4. The quantitative estimate of drug-likeness (QED) is 0.300. The summed E-state index contributed by atoms with van der Waals surface area (Å²) in [5.41, 5.74) is 5.12. The van der Waals surface area contributed by atoms with E-state index < -0.39 is 10.8 Å².